The summed E-state index contributed by atoms with van der Waals surface area (Å²) in [6, 6.07) is 15.3. The summed E-state index contributed by atoms with van der Waals surface area (Å²) < 4.78 is 23.0. The van der Waals surface area contributed by atoms with Crippen molar-refractivity contribution in [3.8, 4) is 22.8 Å². The molecular weight excluding hydrogens is 469 g/mol. The molecular formula is C28H32FN7O. The normalized spacial score (nSPS) is 22.8. The summed E-state index contributed by atoms with van der Waals surface area (Å²) >= 11 is 0. The second kappa shape index (κ2) is 10.1. The Morgan fingerprint density at radius 2 is 1.86 bits per heavy atom. The van der Waals surface area contributed by atoms with Crippen LogP contribution >= 0.6 is 0 Å². The van der Waals surface area contributed by atoms with Crippen LogP contribution < -0.4 is 15.8 Å². The number of halogens is 1. The number of nitrogens with two attached hydrogens (primary N) is 1. The zero-order valence-electron chi connectivity index (χ0n) is 21.0. The third-order valence-corrected chi connectivity index (χ3v) is 7.64. The van der Waals surface area contributed by atoms with E-state index >= 15 is 4.39 Å². The van der Waals surface area contributed by atoms with E-state index in [0.717, 1.165) is 51.1 Å². The van der Waals surface area contributed by atoms with Crippen molar-refractivity contribution in [3.63, 3.8) is 0 Å². The molecule has 0 unspecified atom stereocenters. The van der Waals surface area contributed by atoms with Gasteiger partial charge < -0.3 is 15.8 Å². The first-order chi connectivity index (χ1) is 18.1. The lowest BCUT2D eigenvalue weighted by molar-refractivity contribution is 0.114. The van der Waals surface area contributed by atoms with Gasteiger partial charge in [-0.3, -0.25) is 4.90 Å². The van der Waals surface area contributed by atoms with Crippen LogP contribution in [0.3, 0.4) is 0 Å². The molecule has 0 spiro atoms. The fraction of sp³-hybridized carbons (Fsp3) is 0.393. The van der Waals surface area contributed by atoms with Crippen LogP contribution in [0, 0.1) is 5.82 Å². The van der Waals surface area contributed by atoms with Crippen molar-refractivity contribution < 1.29 is 9.13 Å². The summed E-state index contributed by atoms with van der Waals surface area (Å²) in [7, 11) is 0. The average molecular weight is 502 g/mol. The lowest BCUT2D eigenvalue weighted by Crippen LogP contribution is -2.53. The molecule has 1 saturated carbocycles. The first kappa shape index (κ1) is 23.8. The number of aromatic nitrogens is 4. The second-order valence-electron chi connectivity index (χ2n) is 10.1. The van der Waals surface area contributed by atoms with Crippen LogP contribution in [0.2, 0.25) is 0 Å². The number of nitrogen functional groups attached to an aromatic ring is 1. The summed E-state index contributed by atoms with van der Waals surface area (Å²) in [6.45, 7) is 5.49. The van der Waals surface area contributed by atoms with E-state index < -0.39 is 5.82 Å². The zero-order chi connectivity index (χ0) is 25.4. The molecule has 0 amide bonds. The van der Waals surface area contributed by atoms with Crippen molar-refractivity contribution in [2.75, 3.05) is 25.4 Å². The fourth-order valence-electron chi connectivity index (χ4n) is 5.80. The summed E-state index contributed by atoms with van der Waals surface area (Å²) in [5, 5.41) is 8.01. The van der Waals surface area contributed by atoms with E-state index in [1.807, 2.05) is 30.3 Å². The standard InChI is InChI=1S/C28H32FN7O/c1-18-16-35(14-13-31-18)20-9-7-19(8-10-20)28-34-25(26-27(30)32-17-33-36(26)28)23-12-11-22(15-24(23)29)37-21-5-3-2-4-6-21/h2-6,11-12,15,17-20,31H,7-10,13-14,16H2,1H3,(H2,30,32,33)/t18-,19-,20-/m0/s1. The number of anilines is 1. The Morgan fingerprint density at radius 3 is 2.62 bits per heavy atom. The molecule has 4 aromatic rings. The van der Waals surface area contributed by atoms with Gasteiger partial charge in [-0.2, -0.15) is 5.10 Å². The number of rotatable bonds is 5. The maximum absolute atomic E-state index is 15.4. The van der Waals surface area contributed by atoms with Gasteiger partial charge >= 0.3 is 0 Å². The molecule has 0 radical (unpaired) electrons. The number of nitrogens with one attached hydrogen (secondary N) is 1. The number of ether oxygens (including phenoxy) is 1. The maximum atomic E-state index is 15.4. The summed E-state index contributed by atoms with van der Waals surface area (Å²) in [4.78, 5) is 11.8. The van der Waals surface area contributed by atoms with Crippen LogP contribution in [-0.4, -0.2) is 56.2 Å². The van der Waals surface area contributed by atoms with Crippen LogP contribution in [0.15, 0.2) is 54.9 Å². The molecule has 2 fully saturated rings. The molecule has 1 atom stereocenters. The van der Waals surface area contributed by atoms with Crippen molar-refractivity contribution in [1.29, 1.82) is 0 Å². The molecule has 8 nitrogen and oxygen atoms in total. The fourth-order valence-corrected chi connectivity index (χ4v) is 5.80. The van der Waals surface area contributed by atoms with Gasteiger partial charge in [0.15, 0.2) is 5.82 Å². The van der Waals surface area contributed by atoms with Gasteiger partial charge in [0.1, 0.15) is 40.7 Å². The highest BCUT2D eigenvalue weighted by Gasteiger charge is 2.32. The minimum atomic E-state index is -0.431. The number of imidazole rings is 1. The van der Waals surface area contributed by atoms with E-state index in [1.54, 1.807) is 16.6 Å². The Hall–Kier alpha value is -3.56. The van der Waals surface area contributed by atoms with Gasteiger partial charge in [0.05, 0.1) is 0 Å². The molecule has 6 rings (SSSR count). The molecule has 2 aromatic carbocycles. The van der Waals surface area contributed by atoms with Crippen molar-refractivity contribution in [2.24, 2.45) is 0 Å². The lowest BCUT2D eigenvalue weighted by atomic mass is 9.84. The molecule has 2 aliphatic rings. The quantitative estimate of drug-likeness (QED) is 0.412. The smallest absolute Gasteiger partial charge is 0.153 e. The Kier molecular flexibility index (Phi) is 6.48. The van der Waals surface area contributed by atoms with Crippen LogP contribution in [0.1, 0.15) is 44.3 Å². The zero-order valence-corrected chi connectivity index (χ0v) is 21.0. The van der Waals surface area contributed by atoms with Crippen molar-refractivity contribution in [3.05, 3.63) is 66.5 Å². The summed E-state index contributed by atoms with van der Waals surface area (Å²) in [5.41, 5.74) is 7.65. The minimum Gasteiger partial charge on any atom is -0.457 e. The molecule has 37 heavy (non-hydrogen) atoms. The van der Waals surface area contributed by atoms with Gasteiger partial charge in [-0.05, 0) is 56.9 Å². The predicted octanol–water partition coefficient (Wildman–Crippen LogP) is 4.62. The van der Waals surface area contributed by atoms with E-state index in [0.29, 0.717) is 40.4 Å². The number of piperazine rings is 1. The Morgan fingerprint density at radius 1 is 1.05 bits per heavy atom. The molecule has 1 aliphatic carbocycles. The van der Waals surface area contributed by atoms with Crippen LogP contribution in [0.5, 0.6) is 11.5 Å². The summed E-state index contributed by atoms with van der Waals surface area (Å²) in [5.74, 6) is 1.98. The molecule has 9 heteroatoms. The van der Waals surface area contributed by atoms with E-state index in [1.165, 1.54) is 12.4 Å². The average Bonchev–Trinajstić information content (AvgIpc) is 3.30. The minimum absolute atomic E-state index is 0.232. The SMILES string of the molecule is C[C@H]1CN([C@H]2CC[C@H](c3nc(-c4ccc(Oc5ccccc5)cc4F)c4c(N)ncnn43)CC2)CCN1. The highest BCUT2D eigenvalue weighted by Crippen LogP contribution is 2.39. The van der Waals surface area contributed by atoms with Crippen molar-refractivity contribution in [2.45, 2.75) is 50.6 Å². The van der Waals surface area contributed by atoms with Gasteiger partial charge in [0.25, 0.3) is 0 Å². The number of benzene rings is 2. The van der Waals surface area contributed by atoms with E-state index in [2.05, 4.69) is 27.2 Å². The van der Waals surface area contributed by atoms with Crippen LogP contribution in [-0.2, 0) is 0 Å². The largest absolute Gasteiger partial charge is 0.457 e. The number of nitrogens with zero attached hydrogens (tertiary/aromatic N) is 5. The molecule has 2 aromatic heterocycles. The highest BCUT2D eigenvalue weighted by atomic mass is 19.1. The van der Waals surface area contributed by atoms with Gasteiger partial charge in [0.2, 0.25) is 0 Å². The third kappa shape index (κ3) is 4.76. The molecule has 1 aliphatic heterocycles. The monoisotopic (exact) mass is 501 g/mol. The Labute approximate surface area is 215 Å². The Bertz CT molecular complexity index is 1380. The lowest BCUT2D eigenvalue weighted by Gasteiger charge is -2.40. The predicted molar refractivity (Wildman–Crippen MR) is 141 cm³/mol. The van der Waals surface area contributed by atoms with Gasteiger partial charge in [-0.15, -0.1) is 0 Å². The molecule has 192 valence electrons. The first-order valence-electron chi connectivity index (χ1n) is 13.1. The maximum Gasteiger partial charge on any atom is 0.153 e. The molecule has 1 saturated heterocycles. The van der Waals surface area contributed by atoms with E-state index in [-0.39, 0.29) is 11.7 Å². The Balaban J connectivity index is 1.28. The highest BCUT2D eigenvalue weighted by molar-refractivity contribution is 5.85. The number of hydrogen-bond donors (Lipinski definition) is 2. The second-order valence-corrected chi connectivity index (χ2v) is 10.1. The van der Waals surface area contributed by atoms with Crippen molar-refractivity contribution >= 4 is 11.3 Å². The number of hydrogen-bond acceptors (Lipinski definition) is 7. The third-order valence-electron chi connectivity index (χ3n) is 7.64. The van der Waals surface area contributed by atoms with Gasteiger partial charge in [-0.25, -0.2) is 18.9 Å². The van der Waals surface area contributed by atoms with Gasteiger partial charge in [-0.1, -0.05) is 18.2 Å². The van der Waals surface area contributed by atoms with Gasteiger partial charge in [0, 0.05) is 49.3 Å². The molecule has 0 bridgehead atoms. The topological polar surface area (TPSA) is 93.6 Å². The molecule has 3 heterocycles. The molecule has 3 N–H and O–H groups in total. The van der Waals surface area contributed by atoms with Crippen LogP contribution in [0.4, 0.5) is 10.2 Å². The van der Waals surface area contributed by atoms with E-state index in [4.69, 9.17) is 15.5 Å². The van der Waals surface area contributed by atoms with E-state index in [9.17, 15) is 0 Å². The number of fused-ring (bicyclic) bond motifs is 1. The summed E-state index contributed by atoms with van der Waals surface area (Å²) in [6.07, 6.45) is 5.69. The van der Waals surface area contributed by atoms with Crippen LogP contribution in [0.25, 0.3) is 16.8 Å². The number of para-hydroxylation sites is 1. The van der Waals surface area contributed by atoms with Crippen molar-refractivity contribution in [1.82, 2.24) is 29.8 Å². The first-order valence-corrected chi connectivity index (χ1v) is 13.1.